The molecule has 1 aromatic carbocycles. The van der Waals surface area contributed by atoms with Gasteiger partial charge in [0.1, 0.15) is 0 Å². The van der Waals surface area contributed by atoms with Crippen LogP contribution in [0.4, 0.5) is 0 Å². The zero-order valence-corrected chi connectivity index (χ0v) is 8.59. The molecule has 0 saturated carbocycles. The van der Waals surface area contributed by atoms with Crippen LogP contribution >= 0.6 is 0 Å². The quantitative estimate of drug-likeness (QED) is 0.785. The largest absolute Gasteiger partial charge is 0.481 e. The predicted octanol–water partition coefficient (Wildman–Crippen LogP) is 1.19. The summed E-state index contributed by atoms with van der Waals surface area (Å²) in [5.41, 5.74) is 1.90. The van der Waals surface area contributed by atoms with Crippen LogP contribution in [0.15, 0.2) is 24.3 Å². The molecule has 1 aliphatic rings. The molecule has 4 nitrogen and oxygen atoms in total. The van der Waals surface area contributed by atoms with Gasteiger partial charge in [-0.2, -0.15) is 0 Å². The van der Waals surface area contributed by atoms with Gasteiger partial charge in [-0.1, -0.05) is 24.3 Å². The van der Waals surface area contributed by atoms with Crippen LogP contribution in [0.5, 0.6) is 0 Å². The zero-order chi connectivity index (χ0) is 11.7. The van der Waals surface area contributed by atoms with Crippen LogP contribution in [-0.4, -0.2) is 22.2 Å². The molecule has 0 aliphatic heterocycles. The van der Waals surface area contributed by atoms with Crippen LogP contribution in [-0.2, 0) is 22.4 Å². The van der Waals surface area contributed by atoms with Crippen molar-refractivity contribution in [1.29, 1.82) is 0 Å². The minimum Gasteiger partial charge on any atom is -0.481 e. The van der Waals surface area contributed by atoms with Gasteiger partial charge in [0, 0.05) is 0 Å². The first-order valence-corrected chi connectivity index (χ1v) is 5.12. The standard InChI is InChI=1S/C12H12O4/c13-11(14)9-5-7-3-1-2-4-8(7)6-10(9)12(15)16/h1-4,9-10H,5-6H2,(H,13,14)(H,15,16). The molecule has 2 atom stereocenters. The molecule has 4 heteroatoms. The molecule has 84 valence electrons. The van der Waals surface area contributed by atoms with Crippen molar-refractivity contribution >= 4 is 11.9 Å². The van der Waals surface area contributed by atoms with E-state index in [-0.39, 0.29) is 0 Å². The van der Waals surface area contributed by atoms with Crippen LogP contribution in [0.25, 0.3) is 0 Å². The van der Waals surface area contributed by atoms with Crippen molar-refractivity contribution in [1.82, 2.24) is 0 Å². The normalized spacial score (nSPS) is 23.5. The molecule has 0 aromatic heterocycles. The van der Waals surface area contributed by atoms with E-state index in [4.69, 9.17) is 10.2 Å². The third-order valence-electron chi connectivity index (χ3n) is 3.12. The molecule has 0 amide bonds. The fourth-order valence-electron chi connectivity index (χ4n) is 2.23. The molecule has 0 bridgehead atoms. The van der Waals surface area contributed by atoms with E-state index in [1.807, 2.05) is 24.3 Å². The Bertz CT molecular complexity index is 397. The summed E-state index contributed by atoms with van der Waals surface area (Å²) in [6.45, 7) is 0. The molecule has 0 spiro atoms. The van der Waals surface area contributed by atoms with Gasteiger partial charge >= 0.3 is 11.9 Å². The van der Waals surface area contributed by atoms with Crippen LogP contribution in [0.3, 0.4) is 0 Å². The minimum absolute atomic E-state index is 0.308. The number of rotatable bonds is 2. The zero-order valence-electron chi connectivity index (χ0n) is 8.59. The maximum Gasteiger partial charge on any atom is 0.307 e. The lowest BCUT2D eigenvalue weighted by atomic mass is 9.76. The first kappa shape index (κ1) is 10.7. The average Bonchev–Trinajstić information content (AvgIpc) is 2.27. The van der Waals surface area contributed by atoms with E-state index < -0.39 is 23.8 Å². The molecule has 2 unspecified atom stereocenters. The molecule has 0 saturated heterocycles. The third-order valence-corrected chi connectivity index (χ3v) is 3.12. The summed E-state index contributed by atoms with van der Waals surface area (Å²) < 4.78 is 0. The monoisotopic (exact) mass is 220 g/mol. The van der Waals surface area contributed by atoms with E-state index in [1.165, 1.54) is 0 Å². The van der Waals surface area contributed by atoms with E-state index in [1.54, 1.807) is 0 Å². The van der Waals surface area contributed by atoms with E-state index in [0.717, 1.165) is 11.1 Å². The number of carbonyl (C=O) groups is 2. The highest BCUT2D eigenvalue weighted by molar-refractivity contribution is 5.81. The maximum absolute atomic E-state index is 11.0. The van der Waals surface area contributed by atoms with E-state index in [9.17, 15) is 9.59 Å². The van der Waals surface area contributed by atoms with Crippen molar-refractivity contribution in [2.24, 2.45) is 11.8 Å². The number of hydrogen-bond donors (Lipinski definition) is 2. The number of carboxylic acids is 2. The molecule has 0 fully saturated rings. The topological polar surface area (TPSA) is 74.6 Å². The van der Waals surface area contributed by atoms with Crippen LogP contribution < -0.4 is 0 Å². The molecule has 16 heavy (non-hydrogen) atoms. The van der Waals surface area contributed by atoms with Crippen molar-refractivity contribution in [2.75, 3.05) is 0 Å². The molecule has 1 aromatic rings. The van der Waals surface area contributed by atoms with Gasteiger partial charge in [-0.15, -0.1) is 0 Å². The van der Waals surface area contributed by atoms with Crippen molar-refractivity contribution in [3.05, 3.63) is 35.4 Å². The number of fused-ring (bicyclic) bond motifs is 1. The Morgan fingerprint density at radius 1 is 0.938 bits per heavy atom. The highest BCUT2D eigenvalue weighted by Gasteiger charge is 2.37. The molecule has 2 N–H and O–H groups in total. The SMILES string of the molecule is O=C(O)C1Cc2ccccc2CC1C(=O)O. The first-order valence-electron chi connectivity index (χ1n) is 5.12. The fourth-order valence-corrected chi connectivity index (χ4v) is 2.23. The highest BCUT2D eigenvalue weighted by atomic mass is 16.4. The number of hydrogen-bond acceptors (Lipinski definition) is 2. The Balaban J connectivity index is 2.37. The Morgan fingerprint density at radius 2 is 1.31 bits per heavy atom. The summed E-state index contributed by atoms with van der Waals surface area (Å²) in [5.74, 6) is -3.68. The Morgan fingerprint density at radius 3 is 1.62 bits per heavy atom. The van der Waals surface area contributed by atoms with E-state index >= 15 is 0 Å². The second kappa shape index (κ2) is 3.96. The van der Waals surface area contributed by atoms with Gasteiger partial charge in [0.2, 0.25) is 0 Å². The highest BCUT2D eigenvalue weighted by Crippen LogP contribution is 2.30. The lowest BCUT2D eigenvalue weighted by Gasteiger charge is -2.27. The maximum atomic E-state index is 11.0. The number of carboxylic acid groups (broad SMARTS) is 2. The lowest BCUT2D eigenvalue weighted by molar-refractivity contribution is -0.154. The molecular formula is C12H12O4. The van der Waals surface area contributed by atoms with Crippen molar-refractivity contribution in [3.63, 3.8) is 0 Å². The minimum atomic E-state index is -1.03. The number of benzene rings is 1. The van der Waals surface area contributed by atoms with E-state index in [2.05, 4.69) is 0 Å². The van der Waals surface area contributed by atoms with Crippen LogP contribution in [0.2, 0.25) is 0 Å². The van der Waals surface area contributed by atoms with E-state index in [0.29, 0.717) is 12.8 Å². The summed E-state index contributed by atoms with van der Waals surface area (Å²) in [6.07, 6.45) is 0.616. The van der Waals surface area contributed by atoms with Crippen molar-refractivity contribution in [2.45, 2.75) is 12.8 Å². The van der Waals surface area contributed by atoms with Gasteiger partial charge in [0.05, 0.1) is 11.8 Å². The van der Waals surface area contributed by atoms with Gasteiger partial charge in [-0.25, -0.2) is 0 Å². The lowest BCUT2D eigenvalue weighted by Crippen LogP contribution is -2.36. The van der Waals surface area contributed by atoms with Gasteiger partial charge in [-0.3, -0.25) is 9.59 Å². The smallest absolute Gasteiger partial charge is 0.307 e. The Hall–Kier alpha value is -1.84. The second-order valence-corrected chi connectivity index (χ2v) is 4.07. The Kier molecular flexibility index (Phi) is 2.64. The van der Waals surface area contributed by atoms with Gasteiger partial charge in [0.25, 0.3) is 0 Å². The van der Waals surface area contributed by atoms with Crippen molar-refractivity contribution < 1.29 is 19.8 Å². The fraction of sp³-hybridized carbons (Fsp3) is 0.333. The van der Waals surface area contributed by atoms with Crippen LogP contribution in [0, 0.1) is 11.8 Å². The molecular weight excluding hydrogens is 208 g/mol. The van der Waals surface area contributed by atoms with Crippen molar-refractivity contribution in [3.8, 4) is 0 Å². The molecule has 0 heterocycles. The third kappa shape index (κ3) is 1.78. The summed E-state index contributed by atoms with van der Waals surface area (Å²) in [7, 11) is 0. The number of aliphatic carboxylic acids is 2. The summed E-state index contributed by atoms with van der Waals surface area (Å²) in [4.78, 5) is 22.0. The molecule has 2 rings (SSSR count). The van der Waals surface area contributed by atoms with Gasteiger partial charge < -0.3 is 10.2 Å². The molecule has 0 radical (unpaired) electrons. The van der Waals surface area contributed by atoms with Gasteiger partial charge in [-0.05, 0) is 24.0 Å². The Labute approximate surface area is 92.5 Å². The summed E-state index contributed by atoms with van der Waals surface area (Å²) >= 11 is 0. The second-order valence-electron chi connectivity index (χ2n) is 4.07. The van der Waals surface area contributed by atoms with Crippen LogP contribution in [0.1, 0.15) is 11.1 Å². The predicted molar refractivity (Wildman–Crippen MR) is 56.1 cm³/mol. The van der Waals surface area contributed by atoms with Gasteiger partial charge in [0.15, 0.2) is 0 Å². The average molecular weight is 220 g/mol. The summed E-state index contributed by atoms with van der Waals surface area (Å²) in [6, 6.07) is 7.42. The molecule has 1 aliphatic carbocycles. The first-order chi connectivity index (χ1) is 7.59. The summed E-state index contributed by atoms with van der Waals surface area (Å²) in [5, 5.41) is 18.0.